The van der Waals surface area contributed by atoms with Crippen molar-refractivity contribution < 1.29 is 18.8 Å². The molecule has 1 saturated heterocycles. The minimum atomic E-state index is -0.678. The van der Waals surface area contributed by atoms with Gasteiger partial charge in [0.15, 0.2) is 0 Å². The van der Waals surface area contributed by atoms with E-state index < -0.39 is 23.4 Å². The number of piperazine rings is 1. The van der Waals surface area contributed by atoms with Crippen molar-refractivity contribution in [1.82, 2.24) is 14.4 Å². The summed E-state index contributed by atoms with van der Waals surface area (Å²) in [5.41, 5.74) is 1.42. The summed E-state index contributed by atoms with van der Waals surface area (Å²) >= 11 is 0. The molecular formula is C22H24FN5O3. The molecule has 1 N–H and O–H groups in total. The lowest BCUT2D eigenvalue weighted by Gasteiger charge is -2.31. The third-order valence-electron chi connectivity index (χ3n) is 5.70. The Labute approximate surface area is 179 Å². The molecule has 0 atom stereocenters. The quantitative estimate of drug-likeness (QED) is 0.596. The fourth-order valence-corrected chi connectivity index (χ4v) is 3.77. The second-order valence-corrected chi connectivity index (χ2v) is 7.68. The zero-order valence-corrected chi connectivity index (χ0v) is 18.0. The Morgan fingerprint density at radius 3 is 2.35 bits per heavy atom. The number of carbonyl (C=O) groups is 3. The number of nitriles is 1. The molecule has 2 heterocycles. The molecule has 1 aliphatic rings. The molecule has 2 aromatic rings. The average Bonchev–Trinajstić information content (AvgIpc) is 2.97. The third kappa shape index (κ3) is 4.20. The Bertz CT molecular complexity index is 1110. The van der Waals surface area contributed by atoms with Crippen LogP contribution in [0.25, 0.3) is 0 Å². The van der Waals surface area contributed by atoms with E-state index in [0.717, 1.165) is 6.07 Å². The van der Waals surface area contributed by atoms with Gasteiger partial charge in [0.2, 0.25) is 0 Å². The number of hydrogen-bond acceptors (Lipinski definition) is 5. The number of likely N-dealkylation sites (N-methyl/N-ethyl adjacent to an activating group) is 1. The fraction of sp³-hybridized carbons (Fsp3) is 0.364. The molecule has 0 unspecified atom stereocenters. The van der Waals surface area contributed by atoms with E-state index in [4.69, 9.17) is 5.26 Å². The largest absolute Gasteiger partial charge is 0.344 e. The number of Topliss-reactive ketones (excluding diaryl/α,β-unsaturated/α-hetero) is 1. The molecule has 1 aromatic heterocycles. The van der Waals surface area contributed by atoms with E-state index in [9.17, 15) is 18.8 Å². The van der Waals surface area contributed by atoms with Crippen LogP contribution in [0.2, 0.25) is 0 Å². The first kappa shape index (κ1) is 22.2. The number of halogens is 1. The van der Waals surface area contributed by atoms with E-state index in [1.165, 1.54) is 17.0 Å². The molecule has 1 fully saturated rings. The van der Waals surface area contributed by atoms with Gasteiger partial charge in [0.1, 0.15) is 11.9 Å². The molecule has 0 aliphatic carbocycles. The van der Waals surface area contributed by atoms with Gasteiger partial charge >= 0.3 is 0 Å². The zero-order chi connectivity index (χ0) is 22.9. The van der Waals surface area contributed by atoms with Gasteiger partial charge in [-0.05, 0) is 44.7 Å². The number of nitrogens with one attached hydrogen (secondary N) is 1. The third-order valence-corrected chi connectivity index (χ3v) is 5.70. The van der Waals surface area contributed by atoms with Crippen LogP contribution in [0.3, 0.4) is 0 Å². The van der Waals surface area contributed by atoms with Crippen LogP contribution in [0.4, 0.5) is 10.1 Å². The highest BCUT2D eigenvalue weighted by molar-refractivity contribution is 6.43. The molecule has 0 radical (unpaired) electrons. The van der Waals surface area contributed by atoms with Gasteiger partial charge in [-0.15, -0.1) is 0 Å². The van der Waals surface area contributed by atoms with Crippen LogP contribution in [0.15, 0.2) is 18.2 Å². The Hall–Kier alpha value is -3.51. The maximum atomic E-state index is 13.5. The van der Waals surface area contributed by atoms with Crippen molar-refractivity contribution in [3.63, 3.8) is 0 Å². The van der Waals surface area contributed by atoms with Crippen molar-refractivity contribution in [2.45, 2.75) is 13.8 Å². The Balaban J connectivity index is 1.88. The van der Waals surface area contributed by atoms with Crippen molar-refractivity contribution in [1.29, 1.82) is 5.26 Å². The zero-order valence-electron chi connectivity index (χ0n) is 18.0. The van der Waals surface area contributed by atoms with Gasteiger partial charge < -0.3 is 19.7 Å². The minimum absolute atomic E-state index is 0.170. The minimum Gasteiger partial charge on any atom is -0.344 e. The maximum absolute atomic E-state index is 13.5. The van der Waals surface area contributed by atoms with Crippen LogP contribution in [0.1, 0.15) is 37.7 Å². The molecule has 1 aromatic carbocycles. The highest BCUT2D eigenvalue weighted by Gasteiger charge is 2.32. The molecule has 2 amide bonds. The number of ketones is 1. The van der Waals surface area contributed by atoms with E-state index in [-0.39, 0.29) is 22.5 Å². The van der Waals surface area contributed by atoms with Crippen molar-refractivity contribution in [3.05, 3.63) is 52.1 Å². The highest BCUT2D eigenvalue weighted by Crippen LogP contribution is 2.24. The maximum Gasteiger partial charge on any atom is 0.296 e. The number of rotatable bonds is 4. The van der Waals surface area contributed by atoms with Gasteiger partial charge in [-0.25, -0.2) is 4.39 Å². The van der Waals surface area contributed by atoms with Gasteiger partial charge in [0, 0.05) is 44.6 Å². The molecule has 31 heavy (non-hydrogen) atoms. The van der Waals surface area contributed by atoms with E-state index in [1.54, 1.807) is 31.5 Å². The number of amides is 2. The van der Waals surface area contributed by atoms with Crippen molar-refractivity contribution in [2.24, 2.45) is 7.05 Å². The average molecular weight is 425 g/mol. The summed E-state index contributed by atoms with van der Waals surface area (Å²) in [7, 11) is 3.59. The van der Waals surface area contributed by atoms with Crippen LogP contribution < -0.4 is 5.32 Å². The van der Waals surface area contributed by atoms with E-state index >= 15 is 0 Å². The number of anilines is 1. The topological polar surface area (TPSA) is 98.4 Å². The number of nitrogens with zero attached hydrogens (tertiary/aromatic N) is 4. The molecule has 0 spiro atoms. The monoisotopic (exact) mass is 425 g/mol. The van der Waals surface area contributed by atoms with Crippen LogP contribution in [0, 0.1) is 31.0 Å². The predicted octanol–water partition coefficient (Wildman–Crippen LogP) is 1.86. The molecule has 9 heteroatoms. The van der Waals surface area contributed by atoms with Gasteiger partial charge in [-0.2, -0.15) is 5.26 Å². The van der Waals surface area contributed by atoms with Gasteiger partial charge in [-0.3, -0.25) is 14.4 Å². The van der Waals surface area contributed by atoms with Crippen LogP contribution in [-0.2, 0) is 11.8 Å². The van der Waals surface area contributed by atoms with Gasteiger partial charge in [0.05, 0.1) is 16.8 Å². The first-order valence-corrected chi connectivity index (χ1v) is 9.84. The lowest BCUT2D eigenvalue weighted by molar-refractivity contribution is -0.128. The lowest BCUT2D eigenvalue weighted by atomic mass is 10.1. The van der Waals surface area contributed by atoms with Gasteiger partial charge in [0.25, 0.3) is 17.6 Å². The van der Waals surface area contributed by atoms with Crippen LogP contribution in [-0.4, -0.2) is 65.2 Å². The summed E-state index contributed by atoms with van der Waals surface area (Å²) in [5, 5.41) is 11.6. The Morgan fingerprint density at radius 1 is 1.10 bits per heavy atom. The summed E-state index contributed by atoms with van der Waals surface area (Å²) in [6.07, 6.45) is 0. The first-order chi connectivity index (χ1) is 14.6. The Kier molecular flexibility index (Phi) is 6.22. The second-order valence-electron chi connectivity index (χ2n) is 7.68. The summed E-state index contributed by atoms with van der Waals surface area (Å²) in [5.74, 6) is -2.42. The SMILES string of the molecule is Cc1c(C(=O)Nc2ccc(F)c(C#N)c2)c(C)n(C)c1C(=O)C(=O)N1CCN(C)CC1. The van der Waals surface area contributed by atoms with Crippen molar-refractivity contribution >= 4 is 23.3 Å². The Morgan fingerprint density at radius 2 is 1.74 bits per heavy atom. The molecule has 162 valence electrons. The van der Waals surface area contributed by atoms with E-state index in [0.29, 0.717) is 37.4 Å². The second kappa shape index (κ2) is 8.70. The summed E-state index contributed by atoms with van der Waals surface area (Å²) < 4.78 is 15.1. The number of aromatic nitrogens is 1. The molecule has 1 aliphatic heterocycles. The van der Waals surface area contributed by atoms with Crippen LogP contribution in [0.5, 0.6) is 0 Å². The number of hydrogen-bond donors (Lipinski definition) is 1. The number of carbonyl (C=O) groups excluding carboxylic acids is 3. The molecule has 3 rings (SSSR count). The number of benzene rings is 1. The summed E-state index contributed by atoms with van der Waals surface area (Å²) in [6, 6.07) is 5.42. The molecule has 8 nitrogen and oxygen atoms in total. The van der Waals surface area contributed by atoms with Crippen molar-refractivity contribution in [2.75, 3.05) is 38.5 Å². The van der Waals surface area contributed by atoms with Crippen LogP contribution >= 0.6 is 0 Å². The predicted molar refractivity (Wildman–Crippen MR) is 112 cm³/mol. The van der Waals surface area contributed by atoms with Crippen molar-refractivity contribution in [3.8, 4) is 6.07 Å². The molecule has 0 saturated carbocycles. The smallest absolute Gasteiger partial charge is 0.296 e. The summed E-state index contributed by atoms with van der Waals surface area (Å²) in [6.45, 7) is 5.65. The summed E-state index contributed by atoms with van der Waals surface area (Å²) in [4.78, 5) is 42.3. The fourth-order valence-electron chi connectivity index (χ4n) is 3.77. The first-order valence-electron chi connectivity index (χ1n) is 9.84. The molecular weight excluding hydrogens is 401 g/mol. The normalized spacial score (nSPS) is 14.3. The van der Waals surface area contributed by atoms with E-state index in [2.05, 4.69) is 10.2 Å². The highest BCUT2D eigenvalue weighted by atomic mass is 19.1. The standard InChI is InChI=1S/C22H24FN5O3/c1-13-18(21(30)25-16-5-6-17(23)15(11-16)12-24)14(2)27(4)19(13)20(29)22(31)28-9-7-26(3)8-10-28/h5-6,11H,7-10H2,1-4H3,(H,25,30). The molecule has 0 bridgehead atoms. The van der Waals surface area contributed by atoms with Gasteiger partial charge in [-0.1, -0.05) is 0 Å². The lowest BCUT2D eigenvalue weighted by Crippen LogP contribution is -2.49. The van der Waals surface area contributed by atoms with E-state index in [1.807, 2.05) is 7.05 Å².